The molecule has 0 atom stereocenters. The third kappa shape index (κ3) is 2.39. The number of rotatable bonds is 3. The highest BCUT2D eigenvalue weighted by molar-refractivity contribution is 5.69. The van der Waals surface area contributed by atoms with Crippen molar-refractivity contribution in [3.8, 4) is 11.1 Å². The van der Waals surface area contributed by atoms with Gasteiger partial charge in [-0.15, -0.1) is 0 Å². The lowest BCUT2D eigenvalue weighted by Gasteiger charge is -2.02. The molecular formula is C14H11NO2. The van der Waals surface area contributed by atoms with Crippen LogP contribution in [0.25, 0.3) is 17.2 Å². The van der Waals surface area contributed by atoms with Crippen molar-refractivity contribution in [1.82, 2.24) is 0 Å². The molecule has 0 amide bonds. The minimum atomic E-state index is -0.388. The van der Waals surface area contributed by atoms with Gasteiger partial charge >= 0.3 is 0 Å². The van der Waals surface area contributed by atoms with Crippen molar-refractivity contribution in [2.45, 2.75) is 0 Å². The van der Waals surface area contributed by atoms with Gasteiger partial charge in [-0.1, -0.05) is 43.0 Å². The second-order valence-corrected chi connectivity index (χ2v) is 3.64. The largest absolute Gasteiger partial charge is 0.270 e. The van der Waals surface area contributed by atoms with E-state index in [1.165, 1.54) is 6.07 Å². The van der Waals surface area contributed by atoms with Gasteiger partial charge in [0.2, 0.25) is 0 Å². The number of benzene rings is 2. The van der Waals surface area contributed by atoms with E-state index in [4.69, 9.17) is 0 Å². The molecule has 0 unspecified atom stereocenters. The predicted octanol–water partition coefficient (Wildman–Crippen LogP) is 3.90. The Balaban J connectivity index is 2.48. The molecule has 17 heavy (non-hydrogen) atoms. The number of nitro benzene ring substituents is 1. The molecule has 0 aromatic heterocycles. The summed E-state index contributed by atoms with van der Waals surface area (Å²) in [5, 5.41) is 10.7. The van der Waals surface area contributed by atoms with Crippen molar-refractivity contribution >= 4 is 11.8 Å². The van der Waals surface area contributed by atoms with Crippen LogP contribution in [0.2, 0.25) is 0 Å². The van der Waals surface area contributed by atoms with Crippen molar-refractivity contribution < 1.29 is 4.92 Å². The summed E-state index contributed by atoms with van der Waals surface area (Å²) in [4.78, 5) is 10.3. The van der Waals surface area contributed by atoms with E-state index in [1.54, 1.807) is 18.2 Å². The summed E-state index contributed by atoms with van der Waals surface area (Å²) < 4.78 is 0. The van der Waals surface area contributed by atoms with Crippen LogP contribution in [-0.4, -0.2) is 4.92 Å². The lowest BCUT2D eigenvalue weighted by atomic mass is 10.0. The summed E-state index contributed by atoms with van der Waals surface area (Å²) in [7, 11) is 0. The quantitative estimate of drug-likeness (QED) is 0.587. The first-order chi connectivity index (χ1) is 8.20. The summed E-state index contributed by atoms with van der Waals surface area (Å²) in [6.07, 6.45) is 1.75. The monoisotopic (exact) mass is 225 g/mol. The number of hydrogen-bond acceptors (Lipinski definition) is 2. The minimum absolute atomic E-state index is 0.103. The zero-order valence-electron chi connectivity index (χ0n) is 9.17. The van der Waals surface area contributed by atoms with E-state index in [1.807, 2.05) is 30.3 Å². The van der Waals surface area contributed by atoms with Crippen LogP contribution >= 0.6 is 0 Å². The van der Waals surface area contributed by atoms with Gasteiger partial charge in [-0.05, 0) is 22.8 Å². The average molecular weight is 225 g/mol. The summed E-state index contributed by atoms with van der Waals surface area (Å²) in [5.41, 5.74) is 2.88. The Morgan fingerprint density at radius 3 is 2.35 bits per heavy atom. The molecular weight excluding hydrogens is 214 g/mol. The van der Waals surface area contributed by atoms with Crippen molar-refractivity contribution in [3.05, 3.63) is 70.8 Å². The van der Waals surface area contributed by atoms with Crippen molar-refractivity contribution in [1.29, 1.82) is 0 Å². The molecule has 3 heteroatoms. The molecule has 3 nitrogen and oxygen atoms in total. The molecule has 0 aliphatic heterocycles. The maximum Gasteiger partial charge on any atom is 0.270 e. The average Bonchev–Trinajstić information content (AvgIpc) is 2.39. The Morgan fingerprint density at radius 1 is 1.06 bits per heavy atom. The summed E-state index contributed by atoms with van der Waals surface area (Å²) in [6, 6.07) is 14.3. The zero-order chi connectivity index (χ0) is 12.3. The van der Waals surface area contributed by atoms with Crippen LogP contribution in [0.4, 0.5) is 5.69 Å². The van der Waals surface area contributed by atoms with Crippen LogP contribution in [0.3, 0.4) is 0 Å². The second-order valence-electron chi connectivity index (χ2n) is 3.64. The van der Waals surface area contributed by atoms with Crippen LogP contribution in [0.5, 0.6) is 0 Å². The molecule has 2 aromatic rings. The lowest BCUT2D eigenvalue weighted by Crippen LogP contribution is -1.88. The maximum absolute atomic E-state index is 10.7. The minimum Gasteiger partial charge on any atom is -0.258 e. The second kappa shape index (κ2) is 4.61. The molecule has 0 saturated carbocycles. The van der Waals surface area contributed by atoms with Gasteiger partial charge in [-0.2, -0.15) is 0 Å². The first-order valence-electron chi connectivity index (χ1n) is 5.18. The molecule has 0 saturated heterocycles. The van der Waals surface area contributed by atoms with E-state index in [2.05, 4.69) is 6.58 Å². The molecule has 84 valence electrons. The summed E-state index contributed by atoms with van der Waals surface area (Å²) >= 11 is 0. The van der Waals surface area contributed by atoms with Gasteiger partial charge in [0.25, 0.3) is 5.69 Å². The van der Waals surface area contributed by atoms with Gasteiger partial charge in [0.15, 0.2) is 0 Å². The smallest absolute Gasteiger partial charge is 0.258 e. The SMILES string of the molecule is C=Cc1cccc(-c2cccc([N+](=O)[O-])c2)c1. The molecule has 0 heterocycles. The Hall–Kier alpha value is -2.42. The van der Waals surface area contributed by atoms with Gasteiger partial charge in [-0.3, -0.25) is 10.1 Å². The van der Waals surface area contributed by atoms with Crippen molar-refractivity contribution in [2.24, 2.45) is 0 Å². The van der Waals surface area contributed by atoms with E-state index < -0.39 is 0 Å². The normalized spacial score (nSPS) is 9.88. The highest BCUT2D eigenvalue weighted by Crippen LogP contribution is 2.24. The summed E-state index contributed by atoms with van der Waals surface area (Å²) in [5.74, 6) is 0. The standard InChI is InChI=1S/C14H11NO2/c1-2-11-5-3-6-12(9-11)13-7-4-8-14(10-13)15(16)17/h2-10H,1H2. The zero-order valence-corrected chi connectivity index (χ0v) is 9.17. The Kier molecular flexibility index (Phi) is 3.01. The molecule has 0 fully saturated rings. The molecule has 0 spiro atoms. The van der Waals surface area contributed by atoms with Crippen molar-refractivity contribution in [3.63, 3.8) is 0 Å². The fourth-order valence-electron chi connectivity index (χ4n) is 1.64. The molecule has 2 aromatic carbocycles. The third-order valence-corrected chi connectivity index (χ3v) is 2.51. The van der Waals surface area contributed by atoms with Gasteiger partial charge in [0.1, 0.15) is 0 Å². The van der Waals surface area contributed by atoms with E-state index in [0.717, 1.165) is 16.7 Å². The summed E-state index contributed by atoms with van der Waals surface area (Å²) in [6.45, 7) is 3.70. The maximum atomic E-state index is 10.7. The number of non-ortho nitro benzene ring substituents is 1. The van der Waals surface area contributed by atoms with Crippen LogP contribution in [0.15, 0.2) is 55.1 Å². The molecule has 0 aliphatic rings. The van der Waals surface area contributed by atoms with E-state index in [-0.39, 0.29) is 10.6 Å². The van der Waals surface area contributed by atoms with Crippen LogP contribution in [0.1, 0.15) is 5.56 Å². The predicted molar refractivity (Wildman–Crippen MR) is 68.6 cm³/mol. The highest BCUT2D eigenvalue weighted by atomic mass is 16.6. The first kappa shape index (κ1) is 11.1. The Morgan fingerprint density at radius 2 is 1.71 bits per heavy atom. The molecule has 0 bridgehead atoms. The van der Waals surface area contributed by atoms with Crippen LogP contribution in [-0.2, 0) is 0 Å². The highest BCUT2D eigenvalue weighted by Gasteiger charge is 2.06. The lowest BCUT2D eigenvalue weighted by molar-refractivity contribution is -0.384. The van der Waals surface area contributed by atoms with Gasteiger partial charge in [0.05, 0.1) is 4.92 Å². The fraction of sp³-hybridized carbons (Fsp3) is 0. The van der Waals surface area contributed by atoms with E-state index >= 15 is 0 Å². The fourth-order valence-corrected chi connectivity index (χ4v) is 1.64. The Bertz CT molecular complexity index is 576. The molecule has 0 aliphatic carbocycles. The third-order valence-electron chi connectivity index (χ3n) is 2.51. The van der Waals surface area contributed by atoms with Gasteiger partial charge < -0.3 is 0 Å². The first-order valence-corrected chi connectivity index (χ1v) is 5.18. The Labute approximate surface area is 99.2 Å². The topological polar surface area (TPSA) is 43.1 Å². The number of nitrogens with zero attached hydrogens (tertiary/aromatic N) is 1. The van der Waals surface area contributed by atoms with E-state index in [0.29, 0.717) is 0 Å². The van der Waals surface area contributed by atoms with Crippen LogP contribution in [0, 0.1) is 10.1 Å². The van der Waals surface area contributed by atoms with E-state index in [9.17, 15) is 10.1 Å². The molecule has 0 N–H and O–H groups in total. The van der Waals surface area contributed by atoms with Crippen LogP contribution < -0.4 is 0 Å². The number of hydrogen-bond donors (Lipinski definition) is 0. The molecule has 2 rings (SSSR count). The van der Waals surface area contributed by atoms with Crippen molar-refractivity contribution in [2.75, 3.05) is 0 Å². The van der Waals surface area contributed by atoms with Gasteiger partial charge in [-0.25, -0.2) is 0 Å². The molecule has 0 radical (unpaired) electrons. The number of nitro groups is 1. The van der Waals surface area contributed by atoms with Gasteiger partial charge in [0, 0.05) is 12.1 Å².